The lowest BCUT2D eigenvalue weighted by atomic mass is 10.0. The standard InChI is InChI=1S/C15H13Br2Cl/c1-10-2-4-11(5-3-10)8-15(17)13-9-12(18)6-7-14(13)16/h2-7,9,15H,8H2,1H3. The molecule has 0 radical (unpaired) electrons. The number of aryl methyl sites for hydroxylation is 1. The van der Waals surface area contributed by atoms with Gasteiger partial charge in [0.1, 0.15) is 0 Å². The fourth-order valence-electron chi connectivity index (χ4n) is 1.80. The average Bonchev–Trinajstić information content (AvgIpc) is 2.35. The molecule has 0 spiro atoms. The van der Waals surface area contributed by atoms with Gasteiger partial charge in [-0.3, -0.25) is 0 Å². The highest BCUT2D eigenvalue weighted by Crippen LogP contribution is 2.34. The lowest BCUT2D eigenvalue weighted by Gasteiger charge is -2.13. The SMILES string of the molecule is Cc1ccc(CC(Br)c2cc(Cl)ccc2Br)cc1. The van der Waals surface area contributed by atoms with Crippen molar-refractivity contribution in [2.75, 3.05) is 0 Å². The summed E-state index contributed by atoms with van der Waals surface area (Å²) in [6.07, 6.45) is 0.944. The Kier molecular flexibility index (Phi) is 4.88. The molecule has 18 heavy (non-hydrogen) atoms. The van der Waals surface area contributed by atoms with E-state index in [0.29, 0.717) is 0 Å². The lowest BCUT2D eigenvalue weighted by Crippen LogP contribution is -1.96. The van der Waals surface area contributed by atoms with Crippen LogP contribution < -0.4 is 0 Å². The number of hydrogen-bond acceptors (Lipinski definition) is 0. The molecule has 2 aromatic rings. The van der Waals surface area contributed by atoms with Crippen LogP contribution in [0.25, 0.3) is 0 Å². The van der Waals surface area contributed by atoms with Gasteiger partial charge in [-0.25, -0.2) is 0 Å². The summed E-state index contributed by atoms with van der Waals surface area (Å²) in [7, 11) is 0. The Labute approximate surface area is 130 Å². The maximum absolute atomic E-state index is 6.04. The first-order valence-electron chi connectivity index (χ1n) is 5.71. The Balaban J connectivity index is 2.18. The van der Waals surface area contributed by atoms with E-state index in [1.165, 1.54) is 16.7 Å². The molecule has 94 valence electrons. The normalized spacial score (nSPS) is 12.4. The number of hydrogen-bond donors (Lipinski definition) is 0. The summed E-state index contributed by atoms with van der Waals surface area (Å²) in [6.45, 7) is 2.10. The van der Waals surface area contributed by atoms with Crippen LogP contribution in [0.5, 0.6) is 0 Å². The molecule has 0 saturated heterocycles. The van der Waals surface area contributed by atoms with Gasteiger partial charge in [0.2, 0.25) is 0 Å². The van der Waals surface area contributed by atoms with Crippen molar-refractivity contribution >= 4 is 43.5 Å². The highest BCUT2D eigenvalue weighted by molar-refractivity contribution is 9.11. The Morgan fingerprint density at radius 1 is 1.11 bits per heavy atom. The van der Waals surface area contributed by atoms with Crippen molar-refractivity contribution in [1.29, 1.82) is 0 Å². The molecule has 0 heterocycles. The Hall–Kier alpha value is -0.310. The largest absolute Gasteiger partial charge is 0.0843 e. The quantitative estimate of drug-likeness (QED) is 0.558. The fourth-order valence-corrected chi connectivity index (χ4v) is 3.56. The molecule has 0 aliphatic heterocycles. The molecule has 2 aromatic carbocycles. The summed E-state index contributed by atoms with van der Waals surface area (Å²) in [5.41, 5.74) is 3.78. The molecule has 0 aliphatic rings. The lowest BCUT2D eigenvalue weighted by molar-refractivity contribution is 0.942. The van der Waals surface area contributed by atoms with Crippen molar-refractivity contribution in [1.82, 2.24) is 0 Å². The molecule has 0 aromatic heterocycles. The van der Waals surface area contributed by atoms with Gasteiger partial charge in [-0.15, -0.1) is 0 Å². The highest BCUT2D eigenvalue weighted by Gasteiger charge is 2.12. The fraction of sp³-hybridized carbons (Fsp3) is 0.200. The highest BCUT2D eigenvalue weighted by atomic mass is 79.9. The predicted octanol–water partition coefficient (Wildman–Crippen LogP) is 6.09. The summed E-state index contributed by atoms with van der Waals surface area (Å²) < 4.78 is 1.08. The minimum Gasteiger partial charge on any atom is -0.0843 e. The van der Waals surface area contributed by atoms with Crippen LogP contribution in [0.15, 0.2) is 46.9 Å². The van der Waals surface area contributed by atoms with Crippen LogP contribution >= 0.6 is 43.5 Å². The third-order valence-electron chi connectivity index (χ3n) is 2.83. The maximum atomic E-state index is 6.04. The summed E-state index contributed by atoms with van der Waals surface area (Å²) in [4.78, 5) is 0.258. The second kappa shape index (κ2) is 6.23. The zero-order valence-corrected chi connectivity index (χ0v) is 13.9. The van der Waals surface area contributed by atoms with Gasteiger partial charge in [-0.2, -0.15) is 0 Å². The molecule has 0 amide bonds. The molecule has 0 nitrogen and oxygen atoms in total. The van der Waals surface area contributed by atoms with Crippen molar-refractivity contribution in [2.45, 2.75) is 18.2 Å². The monoisotopic (exact) mass is 386 g/mol. The smallest absolute Gasteiger partial charge is 0.0447 e. The van der Waals surface area contributed by atoms with Crippen LogP contribution in [0.1, 0.15) is 21.5 Å². The number of rotatable bonds is 3. The summed E-state index contributed by atoms with van der Waals surface area (Å²) >= 11 is 13.3. The summed E-state index contributed by atoms with van der Waals surface area (Å²) in [5, 5.41) is 0.765. The van der Waals surface area contributed by atoms with Crippen molar-refractivity contribution in [3.63, 3.8) is 0 Å². The molecule has 0 N–H and O–H groups in total. The number of alkyl halides is 1. The van der Waals surface area contributed by atoms with E-state index in [-0.39, 0.29) is 4.83 Å². The average molecular weight is 389 g/mol. The van der Waals surface area contributed by atoms with Crippen LogP contribution in [0, 0.1) is 6.92 Å². The second-order valence-electron chi connectivity index (χ2n) is 4.32. The minimum atomic E-state index is 0.258. The van der Waals surface area contributed by atoms with Crippen LogP contribution in [0.3, 0.4) is 0 Å². The summed E-state index contributed by atoms with van der Waals surface area (Å²) in [5.74, 6) is 0. The van der Waals surface area contributed by atoms with Gasteiger partial charge in [0.15, 0.2) is 0 Å². The molecule has 0 aliphatic carbocycles. The number of halogens is 3. The van der Waals surface area contributed by atoms with E-state index in [1.54, 1.807) is 0 Å². The first kappa shape index (κ1) is 14.1. The molecule has 0 saturated carbocycles. The molecule has 2 rings (SSSR count). The van der Waals surface area contributed by atoms with Crippen molar-refractivity contribution < 1.29 is 0 Å². The Morgan fingerprint density at radius 2 is 1.78 bits per heavy atom. The molecule has 0 bridgehead atoms. The van der Waals surface area contributed by atoms with E-state index < -0.39 is 0 Å². The van der Waals surface area contributed by atoms with Crippen LogP contribution in [0.2, 0.25) is 5.02 Å². The van der Waals surface area contributed by atoms with E-state index in [4.69, 9.17) is 11.6 Å². The van der Waals surface area contributed by atoms with E-state index >= 15 is 0 Å². The van der Waals surface area contributed by atoms with Gasteiger partial charge in [-0.1, -0.05) is 73.3 Å². The van der Waals surface area contributed by atoms with Gasteiger partial charge in [0.25, 0.3) is 0 Å². The first-order valence-corrected chi connectivity index (χ1v) is 7.79. The second-order valence-corrected chi connectivity index (χ2v) is 6.72. The topological polar surface area (TPSA) is 0 Å². The van der Waals surface area contributed by atoms with Crippen molar-refractivity contribution in [3.8, 4) is 0 Å². The zero-order valence-electron chi connectivity index (χ0n) is 9.96. The van der Waals surface area contributed by atoms with Crippen molar-refractivity contribution in [2.24, 2.45) is 0 Å². The third-order valence-corrected chi connectivity index (χ3v) is 4.61. The van der Waals surface area contributed by atoms with E-state index in [2.05, 4.69) is 63.0 Å². The third kappa shape index (κ3) is 3.59. The van der Waals surface area contributed by atoms with E-state index in [1.807, 2.05) is 18.2 Å². The molecule has 0 fully saturated rings. The number of benzene rings is 2. The van der Waals surface area contributed by atoms with Gasteiger partial charge < -0.3 is 0 Å². The van der Waals surface area contributed by atoms with Gasteiger partial charge in [0, 0.05) is 14.3 Å². The minimum absolute atomic E-state index is 0.258. The first-order chi connectivity index (χ1) is 8.56. The van der Waals surface area contributed by atoms with Crippen LogP contribution in [0.4, 0.5) is 0 Å². The van der Waals surface area contributed by atoms with Gasteiger partial charge in [0.05, 0.1) is 0 Å². The van der Waals surface area contributed by atoms with Gasteiger partial charge >= 0.3 is 0 Å². The van der Waals surface area contributed by atoms with Crippen LogP contribution in [-0.4, -0.2) is 0 Å². The van der Waals surface area contributed by atoms with E-state index in [9.17, 15) is 0 Å². The molecule has 3 heteroatoms. The molecule has 1 atom stereocenters. The summed E-state index contributed by atoms with van der Waals surface area (Å²) in [6, 6.07) is 14.5. The Bertz CT molecular complexity index is 535. The maximum Gasteiger partial charge on any atom is 0.0447 e. The Morgan fingerprint density at radius 3 is 2.44 bits per heavy atom. The van der Waals surface area contributed by atoms with Crippen molar-refractivity contribution in [3.05, 3.63) is 68.7 Å². The van der Waals surface area contributed by atoms with Gasteiger partial charge in [-0.05, 0) is 42.7 Å². The zero-order chi connectivity index (χ0) is 13.1. The molecular formula is C15H13Br2Cl. The molecule has 1 unspecified atom stereocenters. The van der Waals surface area contributed by atoms with E-state index in [0.717, 1.165) is 15.9 Å². The predicted molar refractivity (Wildman–Crippen MR) is 85.7 cm³/mol. The molecular weight excluding hydrogens is 375 g/mol. The van der Waals surface area contributed by atoms with Crippen LogP contribution in [-0.2, 0) is 6.42 Å².